The first kappa shape index (κ1) is 15.6. The molecule has 0 fully saturated rings. The number of nitrogen functional groups attached to an aromatic ring is 1. The van der Waals surface area contributed by atoms with Crippen LogP contribution in [0.25, 0.3) is 10.1 Å². The average Bonchev–Trinajstić information content (AvgIpc) is 2.75. The molecule has 1 unspecified atom stereocenters. The van der Waals surface area contributed by atoms with Crippen LogP contribution in [0.4, 0.5) is 5.69 Å². The molecule has 1 aromatic heterocycles. The Bertz CT molecular complexity index is 649. The Hall–Kier alpha value is -1.75. The molecule has 3 N–H and O–H groups in total. The lowest BCUT2D eigenvalue weighted by Crippen LogP contribution is -2.33. The molecule has 0 saturated carbocycles. The Morgan fingerprint density at radius 3 is 2.71 bits per heavy atom. The average molecular weight is 306 g/mol. The van der Waals surface area contributed by atoms with Gasteiger partial charge in [0.25, 0.3) is 5.91 Å². The molecule has 5 heteroatoms. The van der Waals surface area contributed by atoms with Crippen molar-refractivity contribution < 1.29 is 9.53 Å². The minimum Gasteiger partial charge on any atom is -0.496 e. The van der Waals surface area contributed by atoms with Crippen LogP contribution in [-0.2, 0) is 0 Å². The number of methoxy groups -OCH3 is 1. The first-order chi connectivity index (χ1) is 9.93. The molecule has 0 aliphatic heterocycles. The summed E-state index contributed by atoms with van der Waals surface area (Å²) in [7, 11) is 1.61. The Morgan fingerprint density at radius 2 is 2.10 bits per heavy atom. The Kier molecular flexibility index (Phi) is 4.73. The summed E-state index contributed by atoms with van der Waals surface area (Å²) in [6.07, 6.45) is 0.944. The third-order valence-electron chi connectivity index (χ3n) is 3.34. The van der Waals surface area contributed by atoms with E-state index in [2.05, 4.69) is 19.2 Å². The number of carbonyl (C=O) groups excluding carboxylic acids is 1. The Balaban J connectivity index is 2.30. The van der Waals surface area contributed by atoms with E-state index in [1.165, 1.54) is 11.3 Å². The minimum absolute atomic E-state index is 0.107. The van der Waals surface area contributed by atoms with E-state index in [0.717, 1.165) is 16.5 Å². The van der Waals surface area contributed by atoms with E-state index in [0.29, 0.717) is 22.2 Å². The van der Waals surface area contributed by atoms with E-state index in [1.807, 2.05) is 25.1 Å². The van der Waals surface area contributed by atoms with Gasteiger partial charge in [0.1, 0.15) is 10.6 Å². The van der Waals surface area contributed by atoms with E-state index >= 15 is 0 Å². The summed E-state index contributed by atoms with van der Waals surface area (Å²) in [5, 5.41) is 3.84. The summed E-state index contributed by atoms with van der Waals surface area (Å²) < 4.78 is 6.30. The van der Waals surface area contributed by atoms with Crippen molar-refractivity contribution in [2.45, 2.75) is 33.2 Å². The van der Waals surface area contributed by atoms with Crippen LogP contribution in [0.15, 0.2) is 18.2 Å². The van der Waals surface area contributed by atoms with Crippen LogP contribution in [-0.4, -0.2) is 19.1 Å². The number of carbonyl (C=O) groups is 1. The number of fused-ring (bicyclic) bond motifs is 1. The van der Waals surface area contributed by atoms with Crippen LogP contribution < -0.4 is 15.8 Å². The van der Waals surface area contributed by atoms with Crippen molar-refractivity contribution in [3.8, 4) is 5.75 Å². The second-order valence-corrected chi connectivity index (χ2v) is 6.73. The lowest BCUT2D eigenvalue weighted by Gasteiger charge is -2.15. The SMILES string of the molecule is COc1cccc2sc(C(=O)NC(C)CC(C)C)c(N)c12. The number of anilines is 1. The van der Waals surface area contributed by atoms with Crippen molar-refractivity contribution in [1.29, 1.82) is 0 Å². The summed E-state index contributed by atoms with van der Waals surface area (Å²) in [4.78, 5) is 13.0. The topological polar surface area (TPSA) is 64.3 Å². The number of benzene rings is 1. The first-order valence-electron chi connectivity index (χ1n) is 7.09. The normalized spacial score (nSPS) is 12.6. The predicted octanol–water partition coefficient (Wildman–Crippen LogP) is 3.66. The number of ether oxygens (including phenoxy) is 1. The Labute approximate surface area is 129 Å². The molecule has 21 heavy (non-hydrogen) atoms. The number of nitrogens with one attached hydrogen (secondary N) is 1. The van der Waals surface area contributed by atoms with Crippen molar-refractivity contribution in [2.24, 2.45) is 5.92 Å². The highest BCUT2D eigenvalue weighted by atomic mass is 32.1. The molecular formula is C16H22N2O2S. The molecular weight excluding hydrogens is 284 g/mol. The fourth-order valence-electron chi connectivity index (χ4n) is 2.53. The number of amides is 1. The molecule has 1 atom stereocenters. The first-order valence-corrected chi connectivity index (χ1v) is 7.91. The summed E-state index contributed by atoms with van der Waals surface area (Å²) in [6, 6.07) is 5.84. The fourth-order valence-corrected chi connectivity index (χ4v) is 3.58. The lowest BCUT2D eigenvalue weighted by molar-refractivity contribution is 0.0941. The lowest BCUT2D eigenvalue weighted by atomic mass is 10.1. The van der Waals surface area contributed by atoms with E-state index in [9.17, 15) is 4.79 Å². The monoisotopic (exact) mass is 306 g/mol. The van der Waals surface area contributed by atoms with E-state index in [4.69, 9.17) is 10.5 Å². The van der Waals surface area contributed by atoms with Gasteiger partial charge in [0.2, 0.25) is 0 Å². The number of nitrogens with two attached hydrogens (primary N) is 1. The van der Waals surface area contributed by atoms with Crippen LogP contribution in [0.5, 0.6) is 5.75 Å². The van der Waals surface area contributed by atoms with Crippen molar-refractivity contribution in [3.05, 3.63) is 23.1 Å². The third kappa shape index (κ3) is 3.29. The van der Waals surface area contributed by atoms with Gasteiger partial charge in [-0.15, -0.1) is 11.3 Å². The van der Waals surface area contributed by atoms with Crippen LogP contribution >= 0.6 is 11.3 Å². The molecule has 114 valence electrons. The highest BCUT2D eigenvalue weighted by Gasteiger charge is 2.20. The summed E-state index contributed by atoms with van der Waals surface area (Å²) in [5.41, 5.74) is 6.66. The quantitative estimate of drug-likeness (QED) is 0.886. The molecule has 0 radical (unpaired) electrons. The summed E-state index contributed by atoms with van der Waals surface area (Å²) >= 11 is 1.41. The van der Waals surface area contributed by atoms with Crippen molar-refractivity contribution in [2.75, 3.05) is 12.8 Å². The van der Waals surface area contributed by atoms with Gasteiger partial charge in [-0.3, -0.25) is 4.79 Å². The van der Waals surface area contributed by atoms with Gasteiger partial charge in [-0.05, 0) is 31.4 Å². The number of rotatable bonds is 5. The second-order valence-electron chi connectivity index (χ2n) is 5.68. The Morgan fingerprint density at radius 1 is 1.38 bits per heavy atom. The van der Waals surface area contributed by atoms with Gasteiger partial charge < -0.3 is 15.8 Å². The number of hydrogen-bond donors (Lipinski definition) is 2. The van der Waals surface area contributed by atoms with Gasteiger partial charge >= 0.3 is 0 Å². The molecule has 1 heterocycles. The molecule has 2 aromatic rings. The molecule has 0 aliphatic carbocycles. The summed E-state index contributed by atoms with van der Waals surface area (Å²) in [5.74, 6) is 1.14. The van der Waals surface area contributed by atoms with Crippen molar-refractivity contribution >= 4 is 33.0 Å². The maximum atomic E-state index is 12.4. The molecule has 0 bridgehead atoms. The van der Waals surface area contributed by atoms with Crippen LogP contribution in [0.2, 0.25) is 0 Å². The second kappa shape index (κ2) is 6.35. The van der Waals surface area contributed by atoms with Gasteiger partial charge in [0.15, 0.2) is 0 Å². The van der Waals surface area contributed by atoms with Gasteiger partial charge in [-0.2, -0.15) is 0 Å². The van der Waals surface area contributed by atoms with Crippen LogP contribution in [0.1, 0.15) is 36.9 Å². The zero-order chi connectivity index (χ0) is 15.6. The standard InChI is InChI=1S/C16H22N2O2S/c1-9(2)8-10(3)18-16(19)15-14(17)13-11(20-4)6-5-7-12(13)21-15/h5-7,9-10H,8,17H2,1-4H3,(H,18,19). The summed E-state index contributed by atoms with van der Waals surface area (Å²) in [6.45, 7) is 6.30. The number of hydrogen-bond acceptors (Lipinski definition) is 4. The molecule has 0 saturated heterocycles. The van der Waals surface area contributed by atoms with Crippen LogP contribution in [0, 0.1) is 5.92 Å². The highest BCUT2D eigenvalue weighted by Crippen LogP contribution is 2.39. The molecule has 2 rings (SSSR count). The van der Waals surface area contributed by atoms with Gasteiger partial charge in [0, 0.05) is 10.7 Å². The zero-order valence-corrected chi connectivity index (χ0v) is 13.7. The minimum atomic E-state index is -0.107. The van der Waals surface area contributed by atoms with Gasteiger partial charge in [0.05, 0.1) is 18.2 Å². The maximum absolute atomic E-state index is 12.4. The smallest absolute Gasteiger partial charge is 0.263 e. The molecule has 1 amide bonds. The molecule has 1 aromatic carbocycles. The van der Waals surface area contributed by atoms with E-state index < -0.39 is 0 Å². The zero-order valence-electron chi connectivity index (χ0n) is 12.9. The largest absolute Gasteiger partial charge is 0.496 e. The maximum Gasteiger partial charge on any atom is 0.263 e. The predicted molar refractivity (Wildman–Crippen MR) is 89.2 cm³/mol. The van der Waals surface area contributed by atoms with Crippen molar-refractivity contribution in [3.63, 3.8) is 0 Å². The fraction of sp³-hybridized carbons (Fsp3) is 0.438. The molecule has 0 spiro atoms. The molecule has 0 aliphatic rings. The molecule has 4 nitrogen and oxygen atoms in total. The van der Waals surface area contributed by atoms with Gasteiger partial charge in [-0.1, -0.05) is 19.9 Å². The van der Waals surface area contributed by atoms with Crippen molar-refractivity contribution in [1.82, 2.24) is 5.32 Å². The number of thiophene rings is 1. The van der Waals surface area contributed by atoms with Crippen LogP contribution in [0.3, 0.4) is 0 Å². The van der Waals surface area contributed by atoms with E-state index in [1.54, 1.807) is 7.11 Å². The van der Waals surface area contributed by atoms with Gasteiger partial charge in [-0.25, -0.2) is 0 Å². The van der Waals surface area contributed by atoms with E-state index in [-0.39, 0.29) is 11.9 Å². The third-order valence-corrected chi connectivity index (χ3v) is 4.51. The highest BCUT2D eigenvalue weighted by molar-refractivity contribution is 7.21.